The Labute approximate surface area is 140 Å². The summed E-state index contributed by atoms with van der Waals surface area (Å²) in [4.78, 5) is 25.5. The van der Waals surface area contributed by atoms with Crippen molar-refractivity contribution < 1.29 is 4.79 Å². The molecule has 104 valence electrons. The predicted molar refractivity (Wildman–Crippen MR) is 93.2 cm³/mol. The molecule has 6 heteroatoms. The van der Waals surface area contributed by atoms with Gasteiger partial charge in [-0.1, -0.05) is 12.2 Å². The van der Waals surface area contributed by atoms with E-state index in [-0.39, 0.29) is 17.9 Å². The Bertz CT molecular complexity index is 526. The Balaban J connectivity index is 2.87. The Kier molecular flexibility index (Phi) is 6.51. The largest absolute Gasteiger partial charge is 0.343 e. The Morgan fingerprint density at radius 2 is 1.89 bits per heavy atom. The molecule has 1 aromatic heterocycles. The first-order valence-corrected chi connectivity index (χ1v) is 7.98. The van der Waals surface area contributed by atoms with Crippen LogP contribution in [-0.4, -0.2) is 28.5 Å². The third kappa shape index (κ3) is 4.90. The molecule has 19 heavy (non-hydrogen) atoms. The highest BCUT2D eigenvalue weighted by Crippen LogP contribution is 2.05. The van der Waals surface area contributed by atoms with E-state index >= 15 is 0 Å². The second-order valence-electron chi connectivity index (χ2n) is 4.32. The minimum Gasteiger partial charge on any atom is -0.343 e. The van der Waals surface area contributed by atoms with Gasteiger partial charge in [-0.05, 0) is 59.0 Å². The van der Waals surface area contributed by atoms with Crippen LogP contribution in [0.5, 0.6) is 0 Å². The van der Waals surface area contributed by atoms with Gasteiger partial charge in [0.25, 0.3) is 0 Å². The fraction of sp³-hybridized carbons (Fsp3) is 0.385. The van der Waals surface area contributed by atoms with Crippen molar-refractivity contribution in [1.82, 2.24) is 9.47 Å². The molecule has 4 nitrogen and oxygen atoms in total. The number of nitrogens with zero attached hydrogens (tertiary/aromatic N) is 2. The summed E-state index contributed by atoms with van der Waals surface area (Å²) in [5.41, 5.74) is 0.971. The molecule has 1 amide bonds. The Hall–Kier alpha value is -0.380. The summed E-state index contributed by atoms with van der Waals surface area (Å²) in [6, 6.07) is 0. The lowest BCUT2D eigenvalue weighted by atomic mass is 10.3. The Morgan fingerprint density at radius 1 is 1.37 bits per heavy atom. The third-order valence-electron chi connectivity index (χ3n) is 2.51. The van der Waals surface area contributed by atoms with E-state index < -0.39 is 0 Å². The molecule has 0 aliphatic carbocycles. The molecule has 1 heterocycles. The van der Waals surface area contributed by atoms with E-state index in [4.69, 9.17) is 0 Å². The van der Waals surface area contributed by atoms with Crippen molar-refractivity contribution in [3.8, 4) is 0 Å². The number of amides is 1. The van der Waals surface area contributed by atoms with Crippen molar-refractivity contribution in [2.45, 2.75) is 20.4 Å². The maximum absolute atomic E-state index is 12.2. The van der Waals surface area contributed by atoms with Gasteiger partial charge in [0, 0.05) is 25.5 Å². The zero-order valence-corrected chi connectivity index (χ0v) is 15.3. The number of hydrogen-bond donors (Lipinski definition) is 0. The van der Waals surface area contributed by atoms with Gasteiger partial charge in [-0.25, -0.2) is 0 Å². The van der Waals surface area contributed by atoms with E-state index in [1.165, 1.54) is 0 Å². The summed E-state index contributed by atoms with van der Waals surface area (Å²) in [6.45, 7) is 9.15. The third-order valence-corrected chi connectivity index (χ3v) is 4.04. The van der Waals surface area contributed by atoms with Gasteiger partial charge in [0.05, 0.1) is 7.14 Å². The number of pyridine rings is 1. The predicted octanol–water partition coefficient (Wildman–Crippen LogP) is 2.48. The first-order valence-electron chi connectivity index (χ1n) is 5.82. The highest BCUT2D eigenvalue weighted by Gasteiger charge is 2.13. The van der Waals surface area contributed by atoms with Crippen LogP contribution in [0.25, 0.3) is 0 Å². The van der Waals surface area contributed by atoms with Gasteiger partial charge in [0.15, 0.2) is 0 Å². The summed E-state index contributed by atoms with van der Waals surface area (Å²) >= 11 is 3.98. The average molecular weight is 486 g/mol. The van der Waals surface area contributed by atoms with Crippen LogP contribution < -0.4 is 5.43 Å². The van der Waals surface area contributed by atoms with Crippen molar-refractivity contribution in [2.24, 2.45) is 0 Å². The maximum atomic E-state index is 12.2. The smallest absolute Gasteiger partial charge is 0.242 e. The molecule has 0 aromatic carbocycles. The highest BCUT2D eigenvalue weighted by molar-refractivity contribution is 14.1. The molecule has 0 aliphatic heterocycles. The normalized spacial score (nSPS) is 10.3. The summed E-state index contributed by atoms with van der Waals surface area (Å²) in [5.74, 6) is 0.0285. The van der Waals surface area contributed by atoms with Gasteiger partial charge in [0.1, 0.15) is 6.54 Å². The molecule has 0 bridgehead atoms. The van der Waals surface area contributed by atoms with Crippen molar-refractivity contribution in [2.75, 3.05) is 13.1 Å². The van der Waals surface area contributed by atoms with Crippen molar-refractivity contribution >= 4 is 51.1 Å². The zero-order chi connectivity index (χ0) is 14.6. The van der Waals surface area contributed by atoms with Gasteiger partial charge >= 0.3 is 0 Å². The fourth-order valence-electron chi connectivity index (χ4n) is 1.61. The number of likely N-dealkylation sites (N-methyl/N-ethyl adjacent to an activating group) is 1. The monoisotopic (exact) mass is 486 g/mol. The number of rotatable bonds is 5. The van der Waals surface area contributed by atoms with E-state index in [9.17, 15) is 9.59 Å². The van der Waals surface area contributed by atoms with Crippen LogP contribution in [0, 0.1) is 7.14 Å². The van der Waals surface area contributed by atoms with Gasteiger partial charge in [-0.3, -0.25) is 9.59 Å². The van der Waals surface area contributed by atoms with Crippen LogP contribution in [0.4, 0.5) is 0 Å². The first-order chi connectivity index (χ1) is 8.85. The van der Waals surface area contributed by atoms with Crippen molar-refractivity contribution in [1.29, 1.82) is 0 Å². The molecule has 0 spiro atoms. The van der Waals surface area contributed by atoms with E-state index in [1.807, 2.05) is 59.0 Å². The quantitative estimate of drug-likeness (QED) is 0.475. The van der Waals surface area contributed by atoms with Crippen LogP contribution in [0.1, 0.15) is 13.8 Å². The van der Waals surface area contributed by atoms with Crippen LogP contribution in [0.15, 0.2) is 29.3 Å². The van der Waals surface area contributed by atoms with Gasteiger partial charge in [-0.15, -0.1) is 0 Å². The molecule has 1 aromatic rings. The van der Waals surface area contributed by atoms with Gasteiger partial charge in [-0.2, -0.15) is 0 Å². The molecule has 1 rings (SSSR count). The molecule has 0 fully saturated rings. The molecule has 0 N–H and O–H groups in total. The SMILES string of the molecule is C=C(C)CN(CC)C(=O)Cn1cc(I)c(=O)c(I)c1. The topological polar surface area (TPSA) is 42.3 Å². The molecular formula is C13H16I2N2O2. The first kappa shape index (κ1) is 16.7. The maximum Gasteiger partial charge on any atom is 0.242 e. The fourth-order valence-corrected chi connectivity index (χ4v) is 3.42. The standard InChI is InChI=1S/C13H16I2N2O2/c1-4-17(5-9(2)3)12(18)8-16-6-10(14)13(19)11(15)7-16/h6-7H,2,4-5,8H2,1,3H3. The second kappa shape index (κ2) is 7.41. The Morgan fingerprint density at radius 3 is 2.32 bits per heavy atom. The van der Waals surface area contributed by atoms with Crippen LogP contribution in [0.3, 0.4) is 0 Å². The van der Waals surface area contributed by atoms with Crippen LogP contribution in [0.2, 0.25) is 0 Å². The van der Waals surface area contributed by atoms with Crippen LogP contribution >= 0.6 is 45.2 Å². The summed E-state index contributed by atoms with van der Waals surface area (Å²) < 4.78 is 3.01. The molecule has 0 atom stereocenters. The van der Waals surface area contributed by atoms with E-state index in [2.05, 4.69) is 6.58 Å². The van der Waals surface area contributed by atoms with Crippen molar-refractivity contribution in [3.63, 3.8) is 0 Å². The number of halogens is 2. The molecule has 0 radical (unpaired) electrons. The molecular weight excluding hydrogens is 470 g/mol. The average Bonchev–Trinajstić information content (AvgIpc) is 2.32. The summed E-state index contributed by atoms with van der Waals surface area (Å²) in [5, 5.41) is 0. The van der Waals surface area contributed by atoms with E-state index in [0.29, 0.717) is 20.2 Å². The lowest BCUT2D eigenvalue weighted by Crippen LogP contribution is -2.35. The minimum absolute atomic E-state index is 0.0131. The van der Waals surface area contributed by atoms with Crippen molar-refractivity contribution in [3.05, 3.63) is 41.9 Å². The number of aromatic nitrogens is 1. The molecule has 0 saturated carbocycles. The van der Waals surface area contributed by atoms with Gasteiger partial charge in [0.2, 0.25) is 11.3 Å². The minimum atomic E-state index is 0.0131. The lowest BCUT2D eigenvalue weighted by Gasteiger charge is -2.21. The van der Waals surface area contributed by atoms with E-state index in [0.717, 1.165) is 5.57 Å². The summed E-state index contributed by atoms with van der Waals surface area (Å²) in [7, 11) is 0. The molecule has 0 saturated heterocycles. The highest BCUT2D eigenvalue weighted by atomic mass is 127. The molecule has 0 unspecified atom stereocenters. The van der Waals surface area contributed by atoms with E-state index in [1.54, 1.807) is 21.9 Å². The number of carbonyl (C=O) groups excluding carboxylic acids is 1. The second-order valence-corrected chi connectivity index (χ2v) is 6.64. The van der Waals surface area contributed by atoms with Crippen LogP contribution in [-0.2, 0) is 11.3 Å². The zero-order valence-electron chi connectivity index (χ0n) is 10.9. The summed E-state index contributed by atoms with van der Waals surface area (Å²) in [6.07, 6.45) is 3.41. The van der Waals surface area contributed by atoms with Gasteiger partial charge < -0.3 is 9.47 Å². The number of carbonyl (C=O) groups is 1. The molecule has 0 aliphatic rings. The number of hydrogen-bond acceptors (Lipinski definition) is 2. The lowest BCUT2D eigenvalue weighted by molar-refractivity contribution is -0.131.